The highest BCUT2D eigenvalue weighted by Crippen LogP contribution is 2.21. The van der Waals surface area contributed by atoms with Crippen LogP contribution in [0.2, 0.25) is 5.02 Å². The summed E-state index contributed by atoms with van der Waals surface area (Å²) in [5, 5.41) is 7.60. The molecule has 4 amide bonds. The highest BCUT2D eigenvalue weighted by Gasteiger charge is 2.30. The number of likely N-dealkylation sites (tertiary alicyclic amines) is 1. The van der Waals surface area contributed by atoms with Gasteiger partial charge in [0.25, 0.3) is 0 Å². The largest absolute Gasteiger partial charge is 0.447 e. The lowest BCUT2D eigenvalue weighted by atomic mass is 10.0. The molecule has 48 heavy (non-hydrogen) atoms. The van der Waals surface area contributed by atoms with Crippen LogP contribution in [-0.4, -0.2) is 76.3 Å². The number of carbonyl (C=O) groups is 4. The lowest BCUT2D eigenvalue weighted by molar-refractivity contribution is -0.138. The summed E-state index contributed by atoms with van der Waals surface area (Å²) in [5.41, 5.74) is 2.62. The molecule has 4 rings (SSSR count). The SMILES string of the molecule is CC(=O)N(NCc1cccc(F)c1Cl)[C@H](COC(=O)Nc1cc2cc(F)ccc2cn1)CC(=O)NC1CCN(C(=O)OC(C)(C)C)CC1. The minimum Gasteiger partial charge on any atom is -0.447 e. The van der Waals surface area contributed by atoms with Crippen LogP contribution in [-0.2, 0) is 25.6 Å². The van der Waals surface area contributed by atoms with Crippen molar-refractivity contribution in [3.8, 4) is 0 Å². The highest BCUT2D eigenvalue weighted by atomic mass is 35.5. The number of hydrazine groups is 1. The van der Waals surface area contributed by atoms with Gasteiger partial charge in [-0.2, -0.15) is 0 Å². The number of anilines is 1. The van der Waals surface area contributed by atoms with Crippen molar-refractivity contribution in [1.29, 1.82) is 0 Å². The number of benzene rings is 2. The van der Waals surface area contributed by atoms with Gasteiger partial charge in [0, 0.05) is 44.2 Å². The van der Waals surface area contributed by atoms with Crippen LogP contribution in [0.5, 0.6) is 0 Å². The van der Waals surface area contributed by atoms with Crippen molar-refractivity contribution in [3.63, 3.8) is 0 Å². The number of amides is 4. The number of halogens is 3. The summed E-state index contributed by atoms with van der Waals surface area (Å²) in [6, 6.07) is 8.64. The molecule has 0 bridgehead atoms. The Morgan fingerprint density at radius 3 is 2.50 bits per heavy atom. The van der Waals surface area contributed by atoms with Crippen LogP contribution in [0.3, 0.4) is 0 Å². The molecule has 1 saturated heterocycles. The average molecular weight is 689 g/mol. The van der Waals surface area contributed by atoms with Crippen molar-refractivity contribution in [1.82, 2.24) is 25.6 Å². The van der Waals surface area contributed by atoms with Gasteiger partial charge in [0.1, 0.15) is 29.7 Å². The van der Waals surface area contributed by atoms with Crippen molar-refractivity contribution in [3.05, 3.63) is 70.9 Å². The minimum atomic E-state index is -0.999. The standard InChI is InChI=1S/C33H39ClF2N6O6/c1-20(43)42(38-18-22-6-5-7-27(36)30(22)34)26(16-29(44)39-25-10-12-41(13-11-25)32(46)48-33(2,3)4)19-47-31(45)40-28-15-23-14-24(35)9-8-21(23)17-37-28/h5-9,14-15,17,25-26,38H,10-13,16,18-19H2,1-4H3,(H,39,44)(H,37,40,45)/t26-/m0/s1. The molecule has 1 atom stereocenters. The van der Waals surface area contributed by atoms with Crippen LogP contribution in [0.4, 0.5) is 24.2 Å². The number of carbonyl (C=O) groups excluding carboxylic acids is 4. The molecule has 1 aliphatic rings. The summed E-state index contributed by atoms with van der Waals surface area (Å²) >= 11 is 6.10. The summed E-state index contributed by atoms with van der Waals surface area (Å²) in [7, 11) is 0. The van der Waals surface area contributed by atoms with E-state index in [0.717, 1.165) is 5.01 Å². The highest BCUT2D eigenvalue weighted by molar-refractivity contribution is 6.31. The van der Waals surface area contributed by atoms with Gasteiger partial charge in [-0.25, -0.2) is 28.8 Å². The maximum absolute atomic E-state index is 14.0. The maximum atomic E-state index is 14.0. The Morgan fingerprint density at radius 1 is 1.08 bits per heavy atom. The molecular weight excluding hydrogens is 650 g/mol. The first-order valence-electron chi connectivity index (χ1n) is 15.4. The zero-order valence-electron chi connectivity index (χ0n) is 27.1. The number of aromatic nitrogens is 1. The number of nitrogens with one attached hydrogen (secondary N) is 3. The van der Waals surface area contributed by atoms with Gasteiger partial charge in [0.15, 0.2) is 0 Å². The third-order valence-electron chi connectivity index (χ3n) is 7.43. The number of pyridine rings is 1. The Balaban J connectivity index is 1.42. The molecule has 2 aromatic carbocycles. The van der Waals surface area contributed by atoms with E-state index in [1.54, 1.807) is 37.8 Å². The second-order valence-electron chi connectivity index (χ2n) is 12.4. The predicted octanol–water partition coefficient (Wildman–Crippen LogP) is 5.54. The zero-order valence-corrected chi connectivity index (χ0v) is 27.9. The van der Waals surface area contributed by atoms with Crippen LogP contribution in [0.25, 0.3) is 10.8 Å². The van der Waals surface area contributed by atoms with Gasteiger partial charge in [0.05, 0.1) is 17.5 Å². The van der Waals surface area contributed by atoms with Gasteiger partial charge in [-0.1, -0.05) is 23.7 Å². The maximum Gasteiger partial charge on any atom is 0.412 e. The van der Waals surface area contributed by atoms with E-state index in [-0.39, 0.29) is 29.8 Å². The molecule has 1 fully saturated rings. The number of ether oxygens (including phenoxy) is 2. The molecule has 1 aliphatic heterocycles. The average Bonchev–Trinajstić information content (AvgIpc) is 3.01. The lowest BCUT2D eigenvalue weighted by Crippen LogP contribution is -2.53. The number of piperidine rings is 1. The third kappa shape index (κ3) is 10.5. The van der Waals surface area contributed by atoms with E-state index in [4.69, 9.17) is 21.1 Å². The summed E-state index contributed by atoms with van der Waals surface area (Å²) in [5.74, 6) is -1.91. The van der Waals surface area contributed by atoms with Crippen molar-refractivity contribution in [2.45, 2.75) is 71.2 Å². The lowest BCUT2D eigenvalue weighted by Gasteiger charge is -2.34. The summed E-state index contributed by atoms with van der Waals surface area (Å²) < 4.78 is 38.6. The molecule has 12 nitrogen and oxygen atoms in total. The molecule has 258 valence electrons. The first-order valence-corrected chi connectivity index (χ1v) is 15.8. The Bertz CT molecular complexity index is 1650. The third-order valence-corrected chi connectivity index (χ3v) is 7.85. The molecule has 0 unspecified atom stereocenters. The monoisotopic (exact) mass is 688 g/mol. The second-order valence-corrected chi connectivity index (χ2v) is 12.8. The number of hydrogen-bond acceptors (Lipinski definition) is 8. The fraction of sp³-hybridized carbons (Fsp3) is 0.424. The minimum absolute atomic E-state index is 0.0683. The first kappa shape index (κ1) is 36.3. The van der Waals surface area contributed by atoms with Crippen molar-refractivity contribution in [2.24, 2.45) is 0 Å². The molecule has 3 aromatic rings. The molecule has 0 spiro atoms. The molecule has 2 heterocycles. The van der Waals surface area contributed by atoms with Crippen molar-refractivity contribution < 1.29 is 37.4 Å². The molecule has 1 aromatic heterocycles. The quantitative estimate of drug-likeness (QED) is 0.236. The van der Waals surface area contributed by atoms with E-state index in [2.05, 4.69) is 21.0 Å². The van der Waals surface area contributed by atoms with E-state index >= 15 is 0 Å². The van der Waals surface area contributed by atoms with E-state index in [9.17, 15) is 28.0 Å². The first-order chi connectivity index (χ1) is 22.7. The molecular formula is C33H39ClF2N6O6. The van der Waals surface area contributed by atoms with Gasteiger partial charge in [-0.15, -0.1) is 0 Å². The fourth-order valence-electron chi connectivity index (χ4n) is 5.10. The van der Waals surface area contributed by atoms with Gasteiger partial charge in [-0.05, 0) is 74.9 Å². The summed E-state index contributed by atoms with van der Waals surface area (Å²) in [6.45, 7) is 6.91. The summed E-state index contributed by atoms with van der Waals surface area (Å²) in [4.78, 5) is 57.0. The summed E-state index contributed by atoms with van der Waals surface area (Å²) in [6.07, 6.45) is 0.837. The normalized spacial score (nSPS) is 14.3. The smallest absolute Gasteiger partial charge is 0.412 e. The Kier molecular flexibility index (Phi) is 12.1. The number of rotatable bonds is 10. The zero-order chi connectivity index (χ0) is 35.0. The predicted molar refractivity (Wildman–Crippen MR) is 175 cm³/mol. The van der Waals surface area contributed by atoms with Crippen LogP contribution in [0, 0.1) is 11.6 Å². The van der Waals surface area contributed by atoms with Gasteiger partial charge in [-0.3, -0.25) is 19.9 Å². The van der Waals surface area contributed by atoms with Gasteiger partial charge < -0.3 is 19.7 Å². The number of fused-ring (bicyclic) bond motifs is 1. The van der Waals surface area contributed by atoms with Crippen LogP contribution >= 0.6 is 11.6 Å². The number of hydrogen-bond donors (Lipinski definition) is 3. The van der Waals surface area contributed by atoms with Crippen LogP contribution in [0.15, 0.2) is 48.7 Å². The van der Waals surface area contributed by atoms with Gasteiger partial charge >= 0.3 is 12.2 Å². The van der Waals surface area contributed by atoms with E-state index in [0.29, 0.717) is 42.3 Å². The topological polar surface area (TPSA) is 142 Å². The number of nitrogens with zero attached hydrogens (tertiary/aromatic N) is 3. The second kappa shape index (κ2) is 16.0. The molecule has 3 N–H and O–H groups in total. The molecule has 15 heteroatoms. The van der Waals surface area contributed by atoms with E-state index in [1.165, 1.54) is 43.5 Å². The Hall–Kier alpha value is -4.56. The van der Waals surface area contributed by atoms with Crippen molar-refractivity contribution in [2.75, 3.05) is 25.0 Å². The van der Waals surface area contributed by atoms with Crippen LogP contribution in [0.1, 0.15) is 52.5 Å². The Labute approximate surface area is 282 Å². The van der Waals surface area contributed by atoms with Crippen molar-refractivity contribution >= 4 is 52.2 Å². The Morgan fingerprint density at radius 2 is 1.81 bits per heavy atom. The molecule has 0 saturated carbocycles. The van der Waals surface area contributed by atoms with E-state index < -0.39 is 53.9 Å². The molecule has 0 radical (unpaired) electrons. The van der Waals surface area contributed by atoms with Crippen LogP contribution < -0.4 is 16.1 Å². The molecule has 0 aliphatic carbocycles. The van der Waals surface area contributed by atoms with Gasteiger partial charge in [0.2, 0.25) is 11.8 Å². The fourth-order valence-corrected chi connectivity index (χ4v) is 5.30. The van der Waals surface area contributed by atoms with E-state index in [1.807, 2.05) is 0 Å².